The van der Waals surface area contributed by atoms with Gasteiger partial charge in [-0.1, -0.05) is 26.8 Å². The molecule has 1 fully saturated rings. The summed E-state index contributed by atoms with van der Waals surface area (Å²) in [4.78, 5) is 15.2. The quantitative estimate of drug-likeness (QED) is 0.746. The number of rotatable bonds is 1. The molecule has 0 saturated carbocycles. The number of carbonyl (C=O) groups is 1. The van der Waals surface area contributed by atoms with Crippen LogP contribution in [-0.4, -0.2) is 23.9 Å². The molecule has 17 heavy (non-hydrogen) atoms. The maximum Gasteiger partial charge on any atom is 0.263 e. The van der Waals surface area contributed by atoms with Crippen LogP contribution in [0.1, 0.15) is 43.3 Å². The highest BCUT2D eigenvalue weighted by molar-refractivity contribution is 7.12. The van der Waals surface area contributed by atoms with Gasteiger partial charge in [-0.05, 0) is 35.6 Å². The third-order valence-electron chi connectivity index (χ3n) is 3.67. The summed E-state index contributed by atoms with van der Waals surface area (Å²) in [6.45, 7) is 8.66. The molecule has 3 heteroatoms. The fourth-order valence-electron chi connectivity index (χ4n) is 2.42. The van der Waals surface area contributed by atoms with E-state index in [1.54, 1.807) is 11.3 Å². The molecule has 2 nitrogen and oxygen atoms in total. The molecule has 2 rings (SSSR count). The van der Waals surface area contributed by atoms with Gasteiger partial charge in [0, 0.05) is 13.1 Å². The smallest absolute Gasteiger partial charge is 0.263 e. The van der Waals surface area contributed by atoms with Crippen LogP contribution >= 0.6 is 11.3 Å². The SMILES string of the molecule is CC(C)(C)C1CCCN(C(=O)c2cccs2)C1. The van der Waals surface area contributed by atoms with Crippen LogP contribution in [0.2, 0.25) is 0 Å². The average Bonchev–Trinajstić information content (AvgIpc) is 2.80. The van der Waals surface area contributed by atoms with E-state index in [2.05, 4.69) is 20.8 Å². The first kappa shape index (κ1) is 12.6. The molecule has 1 saturated heterocycles. The third-order valence-corrected chi connectivity index (χ3v) is 4.52. The number of carbonyl (C=O) groups excluding carboxylic acids is 1. The van der Waals surface area contributed by atoms with Gasteiger partial charge in [-0.2, -0.15) is 0 Å². The van der Waals surface area contributed by atoms with Crippen molar-refractivity contribution in [1.82, 2.24) is 4.90 Å². The Bertz CT molecular complexity index is 377. The summed E-state index contributed by atoms with van der Waals surface area (Å²) in [5.41, 5.74) is 0.300. The lowest BCUT2D eigenvalue weighted by molar-refractivity contribution is 0.0567. The lowest BCUT2D eigenvalue weighted by Crippen LogP contribution is -2.43. The van der Waals surface area contributed by atoms with Gasteiger partial charge in [-0.15, -0.1) is 11.3 Å². The Hall–Kier alpha value is -0.830. The van der Waals surface area contributed by atoms with Gasteiger partial charge in [-0.25, -0.2) is 0 Å². The zero-order chi connectivity index (χ0) is 12.5. The molecule has 1 aromatic rings. The predicted octanol–water partition coefficient (Wildman–Crippen LogP) is 3.65. The molecule has 0 aromatic carbocycles. The largest absolute Gasteiger partial charge is 0.338 e. The normalized spacial score (nSPS) is 21.6. The van der Waals surface area contributed by atoms with Crippen LogP contribution in [0.4, 0.5) is 0 Å². The van der Waals surface area contributed by atoms with E-state index >= 15 is 0 Å². The first-order valence-electron chi connectivity index (χ1n) is 6.31. The summed E-state index contributed by atoms with van der Waals surface area (Å²) >= 11 is 1.54. The molecule has 0 spiro atoms. The highest BCUT2D eigenvalue weighted by atomic mass is 32.1. The summed E-state index contributed by atoms with van der Waals surface area (Å²) in [5.74, 6) is 0.842. The first-order valence-corrected chi connectivity index (χ1v) is 7.19. The van der Waals surface area contributed by atoms with E-state index in [0.717, 1.165) is 24.4 Å². The maximum atomic E-state index is 12.3. The summed E-state index contributed by atoms with van der Waals surface area (Å²) in [6, 6.07) is 3.87. The predicted molar refractivity (Wildman–Crippen MR) is 72.4 cm³/mol. The Balaban J connectivity index is 2.05. The summed E-state index contributed by atoms with van der Waals surface area (Å²) < 4.78 is 0. The molecule has 1 atom stereocenters. The van der Waals surface area contributed by atoms with Gasteiger partial charge in [-0.3, -0.25) is 4.79 Å². The summed E-state index contributed by atoms with van der Waals surface area (Å²) in [6.07, 6.45) is 2.39. The second-order valence-corrected chi connectivity index (χ2v) is 6.88. The van der Waals surface area contributed by atoms with E-state index in [4.69, 9.17) is 0 Å². The van der Waals surface area contributed by atoms with Gasteiger partial charge in [0.25, 0.3) is 5.91 Å². The Kier molecular flexibility index (Phi) is 3.57. The van der Waals surface area contributed by atoms with E-state index in [1.807, 2.05) is 22.4 Å². The number of amides is 1. The number of thiophene rings is 1. The molecular formula is C14H21NOS. The zero-order valence-corrected chi connectivity index (χ0v) is 11.7. The van der Waals surface area contributed by atoms with Crippen molar-refractivity contribution < 1.29 is 4.79 Å². The monoisotopic (exact) mass is 251 g/mol. The van der Waals surface area contributed by atoms with Crippen molar-refractivity contribution in [3.05, 3.63) is 22.4 Å². The van der Waals surface area contributed by atoms with Gasteiger partial charge >= 0.3 is 0 Å². The fourth-order valence-corrected chi connectivity index (χ4v) is 3.12. The van der Waals surface area contributed by atoms with Gasteiger partial charge in [0.15, 0.2) is 0 Å². The zero-order valence-electron chi connectivity index (χ0n) is 10.9. The van der Waals surface area contributed by atoms with Crippen LogP contribution in [-0.2, 0) is 0 Å². The second kappa shape index (κ2) is 4.81. The van der Waals surface area contributed by atoms with Crippen LogP contribution < -0.4 is 0 Å². The lowest BCUT2D eigenvalue weighted by Gasteiger charge is -2.39. The molecule has 1 unspecified atom stereocenters. The van der Waals surface area contributed by atoms with Crippen LogP contribution in [0.25, 0.3) is 0 Å². The maximum absolute atomic E-state index is 12.3. The fraction of sp³-hybridized carbons (Fsp3) is 0.643. The Morgan fingerprint density at radius 1 is 1.47 bits per heavy atom. The summed E-state index contributed by atoms with van der Waals surface area (Å²) in [5, 5.41) is 1.97. The molecule has 2 heterocycles. The molecular weight excluding hydrogens is 230 g/mol. The molecule has 1 aromatic heterocycles. The minimum absolute atomic E-state index is 0.217. The van der Waals surface area contributed by atoms with E-state index in [1.165, 1.54) is 6.42 Å². The Labute approximate surface area is 108 Å². The van der Waals surface area contributed by atoms with Gasteiger partial charge in [0.2, 0.25) is 0 Å². The molecule has 1 aliphatic rings. The van der Waals surface area contributed by atoms with Crippen molar-refractivity contribution in [2.75, 3.05) is 13.1 Å². The van der Waals surface area contributed by atoms with Crippen LogP contribution in [0.15, 0.2) is 17.5 Å². The number of piperidine rings is 1. The molecule has 0 N–H and O–H groups in total. The molecule has 1 amide bonds. The molecule has 94 valence electrons. The van der Waals surface area contributed by atoms with E-state index < -0.39 is 0 Å². The minimum atomic E-state index is 0.217. The number of nitrogens with zero attached hydrogens (tertiary/aromatic N) is 1. The van der Waals surface area contributed by atoms with Crippen molar-refractivity contribution in [2.24, 2.45) is 11.3 Å². The first-order chi connectivity index (χ1) is 7.98. The van der Waals surface area contributed by atoms with Crippen LogP contribution in [0, 0.1) is 11.3 Å². The average molecular weight is 251 g/mol. The highest BCUT2D eigenvalue weighted by Gasteiger charge is 2.31. The molecule has 0 bridgehead atoms. The van der Waals surface area contributed by atoms with E-state index in [-0.39, 0.29) is 5.91 Å². The second-order valence-electron chi connectivity index (χ2n) is 5.93. The highest BCUT2D eigenvalue weighted by Crippen LogP contribution is 2.33. The van der Waals surface area contributed by atoms with Crippen molar-refractivity contribution in [1.29, 1.82) is 0 Å². The van der Waals surface area contributed by atoms with Crippen molar-refractivity contribution in [3.63, 3.8) is 0 Å². The standard InChI is InChI=1S/C14H21NOS/c1-14(2,3)11-6-4-8-15(10-11)13(16)12-7-5-9-17-12/h5,7,9,11H,4,6,8,10H2,1-3H3. The molecule has 0 aliphatic carbocycles. The number of likely N-dealkylation sites (tertiary alicyclic amines) is 1. The van der Waals surface area contributed by atoms with E-state index in [0.29, 0.717) is 11.3 Å². The molecule has 0 radical (unpaired) electrons. The van der Waals surface area contributed by atoms with E-state index in [9.17, 15) is 4.79 Å². The Morgan fingerprint density at radius 2 is 2.24 bits per heavy atom. The number of hydrogen-bond donors (Lipinski definition) is 0. The van der Waals surface area contributed by atoms with Crippen LogP contribution in [0.3, 0.4) is 0 Å². The van der Waals surface area contributed by atoms with Crippen LogP contribution in [0.5, 0.6) is 0 Å². The number of hydrogen-bond acceptors (Lipinski definition) is 2. The third kappa shape index (κ3) is 2.89. The van der Waals surface area contributed by atoms with Crippen molar-refractivity contribution in [2.45, 2.75) is 33.6 Å². The van der Waals surface area contributed by atoms with Gasteiger partial charge < -0.3 is 4.90 Å². The van der Waals surface area contributed by atoms with Gasteiger partial charge in [0.1, 0.15) is 0 Å². The van der Waals surface area contributed by atoms with Gasteiger partial charge in [0.05, 0.1) is 4.88 Å². The van der Waals surface area contributed by atoms with Crippen molar-refractivity contribution in [3.8, 4) is 0 Å². The Morgan fingerprint density at radius 3 is 2.82 bits per heavy atom. The topological polar surface area (TPSA) is 20.3 Å². The minimum Gasteiger partial charge on any atom is -0.338 e. The van der Waals surface area contributed by atoms with Crippen molar-refractivity contribution >= 4 is 17.2 Å². The lowest BCUT2D eigenvalue weighted by atomic mass is 9.76. The molecule has 1 aliphatic heterocycles. The summed E-state index contributed by atoms with van der Waals surface area (Å²) in [7, 11) is 0.